The highest BCUT2D eigenvalue weighted by atomic mass is 19.1. The Bertz CT molecular complexity index is 434. The van der Waals surface area contributed by atoms with Crippen molar-refractivity contribution in [3.63, 3.8) is 0 Å². The molecule has 1 aliphatic heterocycles. The molecule has 1 aliphatic rings. The highest BCUT2D eigenvalue weighted by Crippen LogP contribution is 2.30. The van der Waals surface area contributed by atoms with Crippen LogP contribution in [-0.2, 0) is 4.74 Å². The Kier molecular flexibility index (Phi) is 4.47. The second-order valence-electron chi connectivity index (χ2n) is 4.86. The standard InChI is InChI=1S/C14H21FN2O2/c1-3-19-14-7-13(12(16)6-11(14)15)17-9(2)10-4-5-18-8-10/h6-7,9-10,17H,3-5,8,16H2,1-2H3. The molecule has 0 aromatic heterocycles. The fraction of sp³-hybridized carbons (Fsp3) is 0.571. The van der Waals surface area contributed by atoms with Crippen LogP contribution in [0.5, 0.6) is 5.75 Å². The predicted octanol–water partition coefficient (Wildman–Crippen LogP) is 2.64. The summed E-state index contributed by atoms with van der Waals surface area (Å²) in [6, 6.07) is 3.15. The van der Waals surface area contributed by atoms with Crippen LogP contribution in [-0.4, -0.2) is 25.9 Å². The molecule has 0 bridgehead atoms. The van der Waals surface area contributed by atoms with Crippen molar-refractivity contribution in [2.45, 2.75) is 26.3 Å². The van der Waals surface area contributed by atoms with Gasteiger partial charge in [0.05, 0.1) is 24.6 Å². The highest BCUT2D eigenvalue weighted by Gasteiger charge is 2.23. The molecule has 2 atom stereocenters. The number of ether oxygens (including phenoxy) is 2. The summed E-state index contributed by atoms with van der Waals surface area (Å²) in [6.45, 7) is 5.89. The van der Waals surface area contributed by atoms with E-state index in [1.165, 1.54) is 6.07 Å². The van der Waals surface area contributed by atoms with Crippen molar-refractivity contribution in [2.75, 3.05) is 30.9 Å². The van der Waals surface area contributed by atoms with Gasteiger partial charge in [-0.05, 0) is 20.3 Å². The van der Waals surface area contributed by atoms with E-state index < -0.39 is 5.82 Å². The Balaban J connectivity index is 2.12. The van der Waals surface area contributed by atoms with Crippen LogP contribution in [0.25, 0.3) is 0 Å². The zero-order valence-electron chi connectivity index (χ0n) is 11.4. The summed E-state index contributed by atoms with van der Waals surface area (Å²) >= 11 is 0. The van der Waals surface area contributed by atoms with Gasteiger partial charge in [0.15, 0.2) is 11.6 Å². The minimum Gasteiger partial charge on any atom is -0.491 e. The maximum absolute atomic E-state index is 13.6. The molecule has 0 spiro atoms. The molecule has 106 valence electrons. The van der Waals surface area contributed by atoms with E-state index in [1.807, 2.05) is 6.92 Å². The molecule has 3 N–H and O–H groups in total. The number of halogens is 1. The summed E-state index contributed by atoms with van der Waals surface area (Å²) in [5, 5.41) is 3.33. The lowest BCUT2D eigenvalue weighted by Crippen LogP contribution is -2.26. The van der Waals surface area contributed by atoms with Crippen molar-refractivity contribution < 1.29 is 13.9 Å². The fourth-order valence-corrected chi connectivity index (χ4v) is 2.27. The minimum absolute atomic E-state index is 0.227. The second-order valence-corrected chi connectivity index (χ2v) is 4.86. The van der Waals surface area contributed by atoms with E-state index in [9.17, 15) is 4.39 Å². The van der Waals surface area contributed by atoms with Crippen LogP contribution in [0.3, 0.4) is 0 Å². The molecule has 1 saturated heterocycles. The zero-order chi connectivity index (χ0) is 13.8. The largest absolute Gasteiger partial charge is 0.491 e. The summed E-state index contributed by atoms with van der Waals surface area (Å²) in [5.74, 6) is 0.260. The summed E-state index contributed by atoms with van der Waals surface area (Å²) in [5.41, 5.74) is 6.95. The molecule has 19 heavy (non-hydrogen) atoms. The molecule has 1 fully saturated rings. The maximum atomic E-state index is 13.6. The third-order valence-corrected chi connectivity index (χ3v) is 3.46. The monoisotopic (exact) mass is 268 g/mol. The first-order chi connectivity index (χ1) is 9.11. The quantitative estimate of drug-likeness (QED) is 0.806. The highest BCUT2D eigenvalue weighted by molar-refractivity contribution is 5.69. The second kappa shape index (κ2) is 6.10. The van der Waals surface area contributed by atoms with Crippen LogP contribution in [0.2, 0.25) is 0 Å². The number of rotatable bonds is 5. The van der Waals surface area contributed by atoms with E-state index in [1.54, 1.807) is 6.07 Å². The van der Waals surface area contributed by atoms with E-state index in [-0.39, 0.29) is 11.8 Å². The number of hydrogen-bond donors (Lipinski definition) is 2. The Labute approximate surface area is 113 Å². The van der Waals surface area contributed by atoms with E-state index in [2.05, 4.69) is 12.2 Å². The summed E-state index contributed by atoms with van der Waals surface area (Å²) in [7, 11) is 0. The lowest BCUT2D eigenvalue weighted by atomic mass is 10.0. The van der Waals surface area contributed by atoms with E-state index >= 15 is 0 Å². The lowest BCUT2D eigenvalue weighted by Gasteiger charge is -2.22. The Hall–Kier alpha value is -1.49. The molecule has 0 saturated carbocycles. The molecule has 1 heterocycles. The van der Waals surface area contributed by atoms with Gasteiger partial charge in [-0.15, -0.1) is 0 Å². The topological polar surface area (TPSA) is 56.5 Å². The van der Waals surface area contributed by atoms with Gasteiger partial charge in [0.2, 0.25) is 0 Å². The number of anilines is 2. The average molecular weight is 268 g/mol. The first-order valence-corrected chi connectivity index (χ1v) is 6.68. The predicted molar refractivity (Wildman–Crippen MR) is 74.0 cm³/mol. The van der Waals surface area contributed by atoms with E-state index in [0.717, 1.165) is 19.6 Å². The minimum atomic E-state index is -0.429. The lowest BCUT2D eigenvalue weighted by molar-refractivity contribution is 0.183. The van der Waals surface area contributed by atoms with Crippen LogP contribution in [0, 0.1) is 11.7 Å². The van der Waals surface area contributed by atoms with Crippen LogP contribution >= 0.6 is 0 Å². The van der Waals surface area contributed by atoms with Gasteiger partial charge in [-0.2, -0.15) is 0 Å². The van der Waals surface area contributed by atoms with Gasteiger partial charge >= 0.3 is 0 Å². The molecule has 5 heteroatoms. The number of nitrogens with one attached hydrogen (secondary N) is 1. The van der Waals surface area contributed by atoms with Gasteiger partial charge in [0.25, 0.3) is 0 Å². The van der Waals surface area contributed by atoms with Crippen molar-refractivity contribution in [2.24, 2.45) is 5.92 Å². The first kappa shape index (κ1) is 13.9. The van der Waals surface area contributed by atoms with Crippen molar-refractivity contribution in [3.05, 3.63) is 17.9 Å². The molecule has 2 unspecified atom stereocenters. The van der Waals surface area contributed by atoms with Crippen molar-refractivity contribution in [1.29, 1.82) is 0 Å². The molecule has 1 aromatic carbocycles. The molecular weight excluding hydrogens is 247 g/mol. The smallest absolute Gasteiger partial charge is 0.167 e. The van der Waals surface area contributed by atoms with Gasteiger partial charge in [-0.3, -0.25) is 0 Å². The number of hydrogen-bond acceptors (Lipinski definition) is 4. The van der Waals surface area contributed by atoms with Gasteiger partial charge in [0, 0.05) is 30.7 Å². The SMILES string of the molecule is CCOc1cc(NC(C)C2CCOC2)c(N)cc1F. The van der Waals surface area contributed by atoms with Crippen molar-refractivity contribution in [3.8, 4) is 5.75 Å². The molecule has 2 rings (SSSR count). The van der Waals surface area contributed by atoms with Crippen LogP contribution in [0.4, 0.5) is 15.8 Å². The van der Waals surface area contributed by atoms with Gasteiger partial charge in [-0.25, -0.2) is 4.39 Å². The molecular formula is C14H21FN2O2. The molecule has 4 nitrogen and oxygen atoms in total. The van der Waals surface area contributed by atoms with Crippen LogP contribution < -0.4 is 15.8 Å². The van der Waals surface area contributed by atoms with Gasteiger partial charge in [-0.1, -0.05) is 0 Å². The average Bonchev–Trinajstić information content (AvgIpc) is 2.89. The van der Waals surface area contributed by atoms with E-state index in [4.69, 9.17) is 15.2 Å². The number of nitrogen functional groups attached to an aromatic ring is 1. The number of nitrogens with two attached hydrogens (primary N) is 1. The van der Waals surface area contributed by atoms with Gasteiger partial charge < -0.3 is 20.5 Å². The van der Waals surface area contributed by atoms with Crippen molar-refractivity contribution in [1.82, 2.24) is 0 Å². The summed E-state index contributed by atoms with van der Waals surface area (Å²) < 4.78 is 24.2. The Morgan fingerprint density at radius 3 is 3.00 bits per heavy atom. The first-order valence-electron chi connectivity index (χ1n) is 6.68. The molecule has 0 amide bonds. The molecule has 0 radical (unpaired) electrons. The number of benzene rings is 1. The maximum Gasteiger partial charge on any atom is 0.167 e. The summed E-state index contributed by atoms with van der Waals surface area (Å²) in [6.07, 6.45) is 1.04. The fourth-order valence-electron chi connectivity index (χ4n) is 2.27. The Morgan fingerprint density at radius 1 is 1.58 bits per heavy atom. The van der Waals surface area contributed by atoms with E-state index in [0.29, 0.717) is 23.9 Å². The van der Waals surface area contributed by atoms with Crippen molar-refractivity contribution >= 4 is 11.4 Å². The molecule has 0 aliphatic carbocycles. The van der Waals surface area contributed by atoms with Crippen LogP contribution in [0.1, 0.15) is 20.3 Å². The molecule has 1 aromatic rings. The normalized spacial score (nSPS) is 20.3. The zero-order valence-corrected chi connectivity index (χ0v) is 11.4. The van der Waals surface area contributed by atoms with Gasteiger partial charge in [0.1, 0.15) is 0 Å². The Morgan fingerprint density at radius 2 is 2.37 bits per heavy atom. The third kappa shape index (κ3) is 3.29. The summed E-state index contributed by atoms with van der Waals surface area (Å²) in [4.78, 5) is 0. The van der Waals surface area contributed by atoms with Crippen LogP contribution in [0.15, 0.2) is 12.1 Å². The third-order valence-electron chi connectivity index (χ3n) is 3.46.